The largest absolute Gasteiger partial charge is 0.342 e. The van der Waals surface area contributed by atoms with Gasteiger partial charge in [-0.05, 0) is 37.8 Å². The van der Waals surface area contributed by atoms with E-state index in [1.54, 1.807) is 0 Å². The summed E-state index contributed by atoms with van der Waals surface area (Å²) >= 11 is 0. The Morgan fingerprint density at radius 3 is 1.86 bits per heavy atom. The van der Waals surface area contributed by atoms with E-state index in [-0.39, 0.29) is 11.8 Å². The molecule has 6 nitrogen and oxygen atoms in total. The maximum absolute atomic E-state index is 12.6. The third kappa shape index (κ3) is 6.04. The molecule has 1 aliphatic rings. The van der Waals surface area contributed by atoms with Crippen LogP contribution in [0.3, 0.4) is 0 Å². The predicted octanol–water partition coefficient (Wildman–Crippen LogP) is 2.24. The van der Waals surface area contributed by atoms with Gasteiger partial charge in [0.25, 0.3) is 0 Å². The quantitative estimate of drug-likeness (QED) is 0.705. The molecule has 1 N–H and O–H groups in total. The fraction of sp³-hybridized carbons (Fsp3) is 0.636. The van der Waals surface area contributed by atoms with Crippen LogP contribution in [-0.2, 0) is 22.4 Å². The standard InChI is InChI=1S/C22H36N4O2/c1-5-18-10-9-11-19(6-2)22(18)23-20(27)16-24-12-14-25(15-13-24)17-21(28)26(7-3)8-4/h9-11H,5-8,12-17H2,1-4H3,(H,23,27). The van der Waals surface area contributed by atoms with E-state index in [0.29, 0.717) is 13.1 Å². The van der Waals surface area contributed by atoms with Crippen molar-refractivity contribution in [1.82, 2.24) is 14.7 Å². The van der Waals surface area contributed by atoms with E-state index >= 15 is 0 Å². The Kier molecular flexibility index (Phi) is 8.93. The molecule has 1 aliphatic heterocycles. The molecule has 1 saturated heterocycles. The van der Waals surface area contributed by atoms with E-state index in [1.807, 2.05) is 18.7 Å². The third-order valence-electron chi connectivity index (χ3n) is 5.57. The van der Waals surface area contributed by atoms with Crippen LogP contribution in [0, 0.1) is 0 Å². The molecule has 0 radical (unpaired) electrons. The highest BCUT2D eigenvalue weighted by Crippen LogP contribution is 2.22. The number of piperazine rings is 1. The molecule has 156 valence electrons. The summed E-state index contributed by atoms with van der Waals surface area (Å²) in [5.41, 5.74) is 3.36. The van der Waals surface area contributed by atoms with Crippen LogP contribution >= 0.6 is 0 Å². The number of rotatable bonds is 9. The zero-order chi connectivity index (χ0) is 20.5. The van der Waals surface area contributed by atoms with Gasteiger partial charge in [-0.15, -0.1) is 0 Å². The van der Waals surface area contributed by atoms with Gasteiger partial charge < -0.3 is 10.2 Å². The smallest absolute Gasteiger partial charge is 0.238 e. The molecule has 6 heteroatoms. The van der Waals surface area contributed by atoms with Crippen molar-refractivity contribution >= 4 is 17.5 Å². The molecule has 0 aliphatic carbocycles. The van der Waals surface area contributed by atoms with Gasteiger partial charge in [-0.1, -0.05) is 32.0 Å². The number of benzene rings is 1. The molecule has 28 heavy (non-hydrogen) atoms. The van der Waals surface area contributed by atoms with E-state index in [9.17, 15) is 9.59 Å². The van der Waals surface area contributed by atoms with Gasteiger partial charge in [0, 0.05) is 45.0 Å². The van der Waals surface area contributed by atoms with Gasteiger partial charge in [-0.25, -0.2) is 0 Å². The molecule has 0 saturated carbocycles. The summed E-state index contributed by atoms with van der Waals surface area (Å²) in [7, 11) is 0. The number of likely N-dealkylation sites (N-methyl/N-ethyl adjacent to an activating group) is 1. The van der Waals surface area contributed by atoms with E-state index < -0.39 is 0 Å². The molecule has 0 bridgehead atoms. The maximum Gasteiger partial charge on any atom is 0.238 e. The lowest BCUT2D eigenvalue weighted by atomic mass is 10.0. The summed E-state index contributed by atoms with van der Waals surface area (Å²) in [5, 5.41) is 3.15. The first kappa shape index (κ1) is 22.4. The van der Waals surface area contributed by atoms with Crippen molar-refractivity contribution in [2.45, 2.75) is 40.5 Å². The van der Waals surface area contributed by atoms with Crippen LogP contribution in [0.5, 0.6) is 0 Å². The van der Waals surface area contributed by atoms with E-state index in [1.165, 1.54) is 11.1 Å². The lowest BCUT2D eigenvalue weighted by molar-refractivity contribution is -0.132. The normalized spacial score (nSPS) is 15.4. The van der Waals surface area contributed by atoms with Crippen molar-refractivity contribution in [2.75, 3.05) is 57.7 Å². The first-order valence-corrected chi connectivity index (χ1v) is 10.6. The summed E-state index contributed by atoms with van der Waals surface area (Å²) in [4.78, 5) is 31.1. The summed E-state index contributed by atoms with van der Waals surface area (Å²) in [6.07, 6.45) is 1.81. The maximum atomic E-state index is 12.6. The molecular weight excluding hydrogens is 352 g/mol. The fourth-order valence-corrected chi connectivity index (χ4v) is 3.76. The van der Waals surface area contributed by atoms with Crippen LogP contribution < -0.4 is 5.32 Å². The van der Waals surface area contributed by atoms with E-state index in [0.717, 1.165) is 57.8 Å². The topological polar surface area (TPSA) is 55.9 Å². The van der Waals surface area contributed by atoms with Gasteiger partial charge in [0.1, 0.15) is 0 Å². The number of hydrogen-bond donors (Lipinski definition) is 1. The molecule has 0 atom stereocenters. The number of hydrogen-bond acceptors (Lipinski definition) is 4. The average Bonchev–Trinajstić information content (AvgIpc) is 2.70. The number of carbonyl (C=O) groups excluding carboxylic acids is 2. The van der Waals surface area contributed by atoms with E-state index in [2.05, 4.69) is 47.2 Å². The van der Waals surface area contributed by atoms with Gasteiger partial charge in [0.15, 0.2) is 0 Å². The summed E-state index contributed by atoms with van der Waals surface area (Å²) in [6, 6.07) is 6.23. The molecule has 2 amide bonds. The van der Waals surface area contributed by atoms with Crippen LogP contribution in [-0.4, -0.2) is 78.9 Å². The van der Waals surface area contributed by atoms with Gasteiger partial charge in [-0.2, -0.15) is 0 Å². The Balaban J connectivity index is 1.83. The SMILES string of the molecule is CCc1cccc(CC)c1NC(=O)CN1CCN(CC(=O)N(CC)CC)CC1. The number of nitrogens with zero attached hydrogens (tertiary/aromatic N) is 3. The highest BCUT2D eigenvalue weighted by molar-refractivity contribution is 5.93. The molecule has 1 aromatic carbocycles. The van der Waals surface area contributed by atoms with Crippen LogP contribution in [0.2, 0.25) is 0 Å². The van der Waals surface area contributed by atoms with E-state index in [4.69, 9.17) is 0 Å². The first-order valence-electron chi connectivity index (χ1n) is 10.6. The minimum atomic E-state index is 0.0447. The zero-order valence-electron chi connectivity index (χ0n) is 18.0. The Morgan fingerprint density at radius 1 is 0.893 bits per heavy atom. The van der Waals surface area contributed by atoms with Crippen LogP contribution in [0.1, 0.15) is 38.8 Å². The van der Waals surface area contributed by atoms with Crippen LogP contribution in [0.4, 0.5) is 5.69 Å². The molecular formula is C22H36N4O2. The molecule has 2 rings (SSSR count). The Bertz CT molecular complexity index is 628. The molecule has 1 heterocycles. The van der Waals surface area contributed by atoms with Crippen molar-refractivity contribution in [3.05, 3.63) is 29.3 Å². The monoisotopic (exact) mass is 388 g/mol. The average molecular weight is 389 g/mol. The van der Waals surface area contributed by atoms with Crippen molar-refractivity contribution in [3.8, 4) is 0 Å². The second kappa shape index (κ2) is 11.2. The highest BCUT2D eigenvalue weighted by Gasteiger charge is 2.22. The number of para-hydroxylation sites is 1. The number of anilines is 1. The number of nitrogens with one attached hydrogen (secondary N) is 1. The first-order chi connectivity index (χ1) is 13.5. The lowest BCUT2D eigenvalue weighted by Gasteiger charge is -2.34. The van der Waals surface area contributed by atoms with Crippen molar-refractivity contribution < 1.29 is 9.59 Å². The minimum Gasteiger partial charge on any atom is -0.342 e. The number of aryl methyl sites for hydroxylation is 2. The summed E-state index contributed by atoms with van der Waals surface area (Å²) < 4.78 is 0. The highest BCUT2D eigenvalue weighted by atomic mass is 16.2. The fourth-order valence-electron chi connectivity index (χ4n) is 3.76. The number of amides is 2. The zero-order valence-corrected chi connectivity index (χ0v) is 18.0. The molecule has 0 aromatic heterocycles. The van der Waals surface area contributed by atoms with Crippen molar-refractivity contribution in [3.63, 3.8) is 0 Å². The summed E-state index contributed by atoms with van der Waals surface area (Å²) in [6.45, 7) is 13.9. The minimum absolute atomic E-state index is 0.0447. The second-order valence-electron chi connectivity index (χ2n) is 7.32. The molecule has 1 fully saturated rings. The van der Waals surface area contributed by atoms with Gasteiger partial charge >= 0.3 is 0 Å². The Morgan fingerprint density at radius 2 is 1.39 bits per heavy atom. The predicted molar refractivity (Wildman–Crippen MR) is 115 cm³/mol. The Hall–Kier alpha value is -1.92. The van der Waals surface area contributed by atoms with Gasteiger partial charge in [0.2, 0.25) is 11.8 Å². The Labute approximate surface area is 169 Å². The third-order valence-corrected chi connectivity index (χ3v) is 5.57. The molecule has 1 aromatic rings. The van der Waals surface area contributed by atoms with Crippen LogP contribution in [0.25, 0.3) is 0 Å². The summed E-state index contributed by atoms with van der Waals surface area (Å²) in [5.74, 6) is 0.239. The molecule has 0 spiro atoms. The van der Waals surface area contributed by atoms with Gasteiger partial charge in [-0.3, -0.25) is 19.4 Å². The van der Waals surface area contributed by atoms with Crippen molar-refractivity contribution in [1.29, 1.82) is 0 Å². The van der Waals surface area contributed by atoms with Crippen molar-refractivity contribution in [2.24, 2.45) is 0 Å². The number of carbonyl (C=O) groups is 2. The lowest BCUT2D eigenvalue weighted by Crippen LogP contribution is -2.51. The molecule has 0 unspecified atom stereocenters. The second-order valence-corrected chi connectivity index (χ2v) is 7.32. The van der Waals surface area contributed by atoms with Crippen LogP contribution in [0.15, 0.2) is 18.2 Å². The van der Waals surface area contributed by atoms with Gasteiger partial charge in [0.05, 0.1) is 13.1 Å².